The van der Waals surface area contributed by atoms with Crippen molar-refractivity contribution in [1.29, 1.82) is 0 Å². The van der Waals surface area contributed by atoms with Gasteiger partial charge in [-0.2, -0.15) is 0 Å². The number of nitrogens with zero attached hydrogens (tertiary/aromatic N) is 1. The first kappa shape index (κ1) is 15.0. The lowest BCUT2D eigenvalue weighted by Crippen LogP contribution is -2.35. The number of nitrogens with one attached hydrogen (secondary N) is 1. The van der Waals surface area contributed by atoms with Gasteiger partial charge >= 0.3 is 0 Å². The second-order valence-corrected chi connectivity index (χ2v) is 5.43. The van der Waals surface area contributed by atoms with E-state index in [1.807, 2.05) is 19.1 Å². The summed E-state index contributed by atoms with van der Waals surface area (Å²) >= 11 is 5.47. The summed E-state index contributed by atoms with van der Waals surface area (Å²) in [4.78, 5) is 4.51. The number of halogens is 1. The Bertz CT molecular complexity index is 411. The number of aromatic nitrogens is 1. The van der Waals surface area contributed by atoms with Gasteiger partial charge in [0.05, 0.1) is 5.69 Å². The Kier molecular flexibility index (Phi) is 5.63. The highest BCUT2D eigenvalue weighted by atomic mass is 35.5. The number of aryl methyl sites for hydroxylation is 1. The molecule has 100 valence electrons. The van der Waals surface area contributed by atoms with Gasteiger partial charge in [-0.1, -0.05) is 11.6 Å². The van der Waals surface area contributed by atoms with Gasteiger partial charge in [0.15, 0.2) is 0 Å². The van der Waals surface area contributed by atoms with Crippen LogP contribution in [0, 0.1) is 6.92 Å². The number of ether oxygens (including phenoxy) is 1. The molecule has 1 rings (SSSR count). The first-order valence-corrected chi connectivity index (χ1v) is 6.45. The minimum Gasteiger partial charge on any atom is -0.488 e. The van der Waals surface area contributed by atoms with Crippen molar-refractivity contribution >= 4 is 11.6 Å². The molecule has 0 atom stereocenters. The zero-order chi connectivity index (χ0) is 13.6. The van der Waals surface area contributed by atoms with Gasteiger partial charge < -0.3 is 10.1 Å². The van der Waals surface area contributed by atoms with Crippen molar-refractivity contribution in [2.24, 2.45) is 0 Å². The van der Waals surface area contributed by atoms with E-state index in [0.717, 1.165) is 17.1 Å². The predicted molar refractivity (Wildman–Crippen MR) is 76.1 cm³/mol. The summed E-state index contributed by atoms with van der Waals surface area (Å²) in [6.07, 6.45) is 1.75. The van der Waals surface area contributed by atoms with Crippen LogP contribution in [0.25, 0.3) is 0 Å². The quantitative estimate of drug-likeness (QED) is 0.889. The number of rotatable bonds is 5. The van der Waals surface area contributed by atoms with Crippen LogP contribution >= 0.6 is 11.6 Å². The largest absolute Gasteiger partial charge is 0.488 e. The highest BCUT2D eigenvalue weighted by molar-refractivity contribution is 6.25. The summed E-state index contributed by atoms with van der Waals surface area (Å²) in [7, 11) is 0. The first-order chi connectivity index (χ1) is 8.42. The van der Waals surface area contributed by atoms with Crippen LogP contribution in [-0.2, 0) is 6.54 Å². The summed E-state index contributed by atoms with van der Waals surface area (Å²) in [5.41, 5.74) is 3.42. The van der Waals surface area contributed by atoms with Gasteiger partial charge in [-0.05, 0) is 45.9 Å². The Labute approximate surface area is 114 Å². The van der Waals surface area contributed by atoms with Crippen molar-refractivity contribution in [2.45, 2.75) is 39.8 Å². The van der Waals surface area contributed by atoms with Crippen LogP contribution in [0.3, 0.4) is 0 Å². The van der Waals surface area contributed by atoms with Crippen molar-refractivity contribution in [3.63, 3.8) is 0 Å². The molecular weight excluding hydrogens is 248 g/mol. The average molecular weight is 269 g/mol. The van der Waals surface area contributed by atoms with E-state index in [9.17, 15) is 0 Å². The van der Waals surface area contributed by atoms with Crippen molar-refractivity contribution in [2.75, 3.05) is 6.61 Å². The molecule has 0 saturated heterocycles. The fourth-order valence-electron chi connectivity index (χ4n) is 1.38. The van der Waals surface area contributed by atoms with E-state index in [2.05, 4.69) is 31.1 Å². The van der Waals surface area contributed by atoms with Crippen LogP contribution in [-0.4, -0.2) is 17.1 Å². The molecule has 1 aromatic heterocycles. The summed E-state index contributed by atoms with van der Waals surface area (Å²) in [5.74, 6) is 0.798. The predicted octanol–water partition coefficient (Wildman–Crippen LogP) is 3.41. The van der Waals surface area contributed by atoms with Crippen molar-refractivity contribution in [3.05, 3.63) is 35.1 Å². The molecule has 0 aliphatic carbocycles. The Morgan fingerprint density at radius 3 is 2.72 bits per heavy atom. The van der Waals surface area contributed by atoms with Gasteiger partial charge in [0.1, 0.15) is 12.4 Å². The summed E-state index contributed by atoms with van der Waals surface area (Å²) in [6.45, 7) is 9.49. The molecule has 3 nitrogen and oxygen atoms in total. The minimum absolute atomic E-state index is 0.0543. The third-order valence-corrected chi connectivity index (χ3v) is 2.46. The molecule has 0 spiro atoms. The third kappa shape index (κ3) is 5.52. The second-order valence-electron chi connectivity index (χ2n) is 5.17. The van der Waals surface area contributed by atoms with Gasteiger partial charge in [0, 0.05) is 23.3 Å². The monoisotopic (exact) mass is 268 g/mol. The third-order valence-electron chi connectivity index (χ3n) is 2.28. The molecule has 18 heavy (non-hydrogen) atoms. The Hall–Kier alpha value is -1.06. The molecule has 0 amide bonds. The van der Waals surface area contributed by atoms with Crippen molar-refractivity contribution < 1.29 is 4.74 Å². The van der Waals surface area contributed by atoms with Crippen LogP contribution < -0.4 is 10.1 Å². The standard InChI is InChI=1S/C14H21ClN2O/c1-11-6-7-13(18-9-5-8-15)12(17-11)10-16-14(2,3)4/h5-8,16H,9-10H2,1-4H3. The number of hydrogen-bond donors (Lipinski definition) is 1. The molecule has 0 unspecified atom stereocenters. The normalized spacial score (nSPS) is 12.1. The fraction of sp³-hybridized carbons (Fsp3) is 0.500. The van der Waals surface area contributed by atoms with E-state index in [4.69, 9.17) is 16.3 Å². The van der Waals surface area contributed by atoms with E-state index in [1.54, 1.807) is 6.08 Å². The molecule has 0 aliphatic rings. The highest BCUT2D eigenvalue weighted by Crippen LogP contribution is 2.17. The molecule has 0 aliphatic heterocycles. The van der Waals surface area contributed by atoms with Crippen LogP contribution in [0.15, 0.2) is 23.7 Å². The van der Waals surface area contributed by atoms with Crippen molar-refractivity contribution in [3.8, 4) is 5.75 Å². The SMILES string of the molecule is Cc1ccc(OCC=CCl)c(CNC(C)(C)C)n1. The summed E-state index contributed by atoms with van der Waals surface area (Å²) < 4.78 is 5.62. The second kappa shape index (κ2) is 6.76. The van der Waals surface area contributed by atoms with Gasteiger partial charge in [-0.15, -0.1) is 0 Å². The lowest BCUT2D eigenvalue weighted by molar-refractivity contribution is 0.349. The Morgan fingerprint density at radius 2 is 2.11 bits per heavy atom. The maximum absolute atomic E-state index is 5.62. The maximum Gasteiger partial charge on any atom is 0.142 e. The van der Waals surface area contributed by atoms with E-state index in [-0.39, 0.29) is 5.54 Å². The smallest absolute Gasteiger partial charge is 0.142 e. The molecule has 1 aromatic rings. The zero-order valence-electron chi connectivity index (χ0n) is 11.5. The molecular formula is C14H21ClN2O. The topological polar surface area (TPSA) is 34.1 Å². The molecule has 0 aromatic carbocycles. The molecule has 1 N–H and O–H groups in total. The van der Waals surface area contributed by atoms with Crippen LogP contribution in [0.5, 0.6) is 5.75 Å². The van der Waals surface area contributed by atoms with E-state index in [1.165, 1.54) is 5.54 Å². The summed E-state index contributed by atoms with van der Waals surface area (Å²) in [5, 5.41) is 3.41. The maximum atomic E-state index is 5.62. The molecule has 4 heteroatoms. The lowest BCUT2D eigenvalue weighted by Gasteiger charge is -2.21. The van der Waals surface area contributed by atoms with Gasteiger partial charge in [0.2, 0.25) is 0 Å². The summed E-state index contributed by atoms with van der Waals surface area (Å²) in [6, 6.07) is 3.89. The molecule has 0 saturated carbocycles. The van der Waals surface area contributed by atoms with Crippen molar-refractivity contribution in [1.82, 2.24) is 10.3 Å². The number of pyridine rings is 1. The molecule has 0 radical (unpaired) electrons. The Morgan fingerprint density at radius 1 is 1.39 bits per heavy atom. The lowest BCUT2D eigenvalue weighted by atomic mass is 10.1. The first-order valence-electron chi connectivity index (χ1n) is 6.02. The van der Waals surface area contributed by atoms with Crippen LogP contribution in [0.4, 0.5) is 0 Å². The molecule has 0 bridgehead atoms. The van der Waals surface area contributed by atoms with E-state index < -0.39 is 0 Å². The Balaban J connectivity index is 2.76. The molecule has 0 fully saturated rings. The van der Waals surface area contributed by atoms with E-state index >= 15 is 0 Å². The van der Waals surface area contributed by atoms with Gasteiger partial charge in [-0.3, -0.25) is 4.98 Å². The zero-order valence-corrected chi connectivity index (χ0v) is 12.2. The fourth-order valence-corrected chi connectivity index (χ4v) is 1.45. The molecule has 1 heterocycles. The highest BCUT2D eigenvalue weighted by Gasteiger charge is 2.12. The average Bonchev–Trinajstić information content (AvgIpc) is 2.28. The van der Waals surface area contributed by atoms with E-state index in [0.29, 0.717) is 13.2 Å². The van der Waals surface area contributed by atoms with Gasteiger partial charge in [-0.25, -0.2) is 0 Å². The number of hydrogen-bond acceptors (Lipinski definition) is 3. The van der Waals surface area contributed by atoms with Crippen LogP contribution in [0.2, 0.25) is 0 Å². The minimum atomic E-state index is 0.0543. The van der Waals surface area contributed by atoms with Crippen LogP contribution in [0.1, 0.15) is 32.2 Å². The van der Waals surface area contributed by atoms with Gasteiger partial charge in [0.25, 0.3) is 0 Å².